The maximum absolute atomic E-state index is 4.75. The van der Waals surface area contributed by atoms with Gasteiger partial charge in [0.15, 0.2) is 11.8 Å². The van der Waals surface area contributed by atoms with E-state index in [2.05, 4.69) is 74.6 Å². The molecule has 0 saturated heterocycles. The number of thiophene rings is 1. The largest absolute Gasteiger partial charge is 0.361 e. The molecule has 4 rings (SSSR count). The number of aliphatic imine (C=N–C) groups is 1. The molecule has 7 nitrogen and oxygen atoms in total. The lowest BCUT2D eigenvalue weighted by atomic mass is 10.1. The quantitative estimate of drug-likeness (QED) is 0.292. The number of H-pyrrole nitrogens is 1. The van der Waals surface area contributed by atoms with E-state index in [1.165, 1.54) is 26.9 Å². The van der Waals surface area contributed by atoms with E-state index in [1.807, 2.05) is 18.5 Å². The topological polar surface area (TPSA) is 82.9 Å². The van der Waals surface area contributed by atoms with Gasteiger partial charge in [-0.05, 0) is 55.3 Å². The fraction of sp³-hybridized carbons (Fsp3) is 0.348. The molecule has 0 amide bonds. The summed E-state index contributed by atoms with van der Waals surface area (Å²) < 4.78 is 1.97. The lowest BCUT2D eigenvalue weighted by molar-refractivity contribution is 0.747. The third-order valence-corrected chi connectivity index (χ3v) is 6.35. The van der Waals surface area contributed by atoms with Crippen LogP contribution in [0.1, 0.15) is 27.7 Å². The molecule has 3 N–H and O–H groups in total. The summed E-state index contributed by atoms with van der Waals surface area (Å²) in [5.74, 6) is 2.54. The fourth-order valence-electron chi connectivity index (χ4n) is 3.49. The molecule has 8 heteroatoms. The molecular formula is C23H29N7S. The molecule has 0 fully saturated rings. The summed E-state index contributed by atoms with van der Waals surface area (Å²) >= 11 is 1.78. The Hall–Kier alpha value is -3.13. The van der Waals surface area contributed by atoms with Crippen LogP contribution in [0.3, 0.4) is 0 Å². The Morgan fingerprint density at radius 3 is 2.71 bits per heavy atom. The van der Waals surface area contributed by atoms with Crippen LogP contribution >= 0.6 is 11.3 Å². The Bertz CT molecular complexity index is 1150. The first kappa shape index (κ1) is 21.1. The van der Waals surface area contributed by atoms with Gasteiger partial charge in [0.05, 0.1) is 0 Å². The maximum atomic E-state index is 4.75. The average Bonchev–Trinajstić information content (AvgIpc) is 3.49. The van der Waals surface area contributed by atoms with Crippen LogP contribution in [0.25, 0.3) is 10.9 Å². The second kappa shape index (κ2) is 9.78. The number of nitrogens with one attached hydrogen (secondary N) is 3. The van der Waals surface area contributed by atoms with Crippen LogP contribution in [-0.2, 0) is 26.4 Å². The Labute approximate surface area is 186 Å². The third kappa shape index (κ3) is 5.32. The van der Waals surface area contributed by atoms with Crippen molar-refractivity contribution in [2.75, 3.05) is 13.1 Å². The minimum Gasteiger partial charge on any atom is -0.361 e. The van der Waals surface area contributed by atoms with Crippen molar-refractivity contribution in [3.8, 4) is 0 Å². The van der Waals surface area contributed by atoms with Gasteiger partial charge in [0, 0.05) is 42.1 Å². The number of aryl methyl sites for hydroxylation is 2. The number of hydrogen-bond acceptors (Lipinski definition) is 4. The van der Waals surface area contributed by atoms with Crippen LogP contribution in [-0.4, -0.2) is 38.8 Å². The van der Waals surface area contributed by atoms with Gasteiger partial charge in [0.25, 0.3) is 0 Å². The Morgan fingerprint density at radius 1 is 1.13 bits per heavy atom. The number of guanidine groups is 1. The Morgan fingerprint density at radius 2 is 1.97 bits per heavy atom. The van der Waals surface area contributed by atoms with Gasteiger partial charge in [0.1, 0.15) is 12.4 Å². The Balaban J connectivity index is 1.38. The smallest absolute Gasteiger partial charge is 0.191 e. The fourth-order valence-corrected chi connectivity index (χ4v) is 4.20. The molecule has 3 aromatic heterocycles. The van der Waals surface area contributed by atoms with Gasteiger partial charge in [-0.25, -0.2) is 4.99 Å². The van der Waals surface area contributed by atoms with Crippen LogP contribution in [0.4, 0.5) is 0 Å². The van der Waals surface area contributed by atoms with Crippen LogP contribution < -0.4 is 10.6 Å². The van der Waals surface area contributed by atoms with Crippen molar-refractivity contribution in [3.05, 3.63) is 69.6 Å². The molecular weight excluding hydrogens is 406 g/mol. The highest BCUT2D eigenvalue weighted by molar-refractivity contribution is 7.09. The zero-order valence-electron chi connectivity index (χ0n) is 18.3. The van der Waals surface area contributed by atoms with E-state index >= 15 is 0 Å². The number of benzene rings is 1. The normalized spacial score (nSPS) is 11.9. The van der Waals surface area contributed by atoms with Crippen LogP contribution in [0.2, 0.25) is 0 Å². The molecule has 4 aromatic rings. The molecule has 0 spiro atoms. The van der Waals surface area contributed by atoms with E-state index in [4.69, 9.17) is 4.99 Å². The highest BCUT2D eigenvalue weighted by Gasteiger charge is 2.07. The van der Waals surface area contributed by atoms with E-state index in [0.29, 0.717) is 6.54 Å². The van der Waals surface area contributed by atoms with Crippen molar-refractivity contribution in [1.29, 1.82) is 0 Å². The van der Waals surface area contributed by atoms with Crippen molar-refractivity contribution in [2.24, 2.45) is 12.0 Å². The van der Waals surface area contributed by atoms with E-state index in [0.717, 1.165) is 43.5 Å². The third-order valence-electron chi connectivity index (χ3n) is 5.41. The number of hydrogen-bond donors (Lipinski definition) is 3. The SMILES string of the molecule is Cc1ccc2c(CCNC(=NCc3nnc(C)n3C)NCCc3cccs3)c[nH]c2c1. The summed E-state index contributed by atoms with van der Waals surface area (Å²) in [4.78, 5) is 9.49. The van der Waals surface area contributed by atoms with Gasteiger partial charge < -0.3 is 20.2 Å². The molecule has 31 heavy (non-hydrogen) atoms. The summed E-state index contributed by atoms with van der Waals surface area (Å²) in [5, 5.41) is 18.7. The first-order valence-corrected chi connectivity index (χ1v) is 11.4. The molecule has 162 valence electrons. The first-order valence-electron chi connectivity index (χ1n) is 10.6. The van der Waals surface area contributed by atoms with Crippen molar-refractivity contribution < 1.29 is 0 Å². The standard InChI is InChI=1S/C23H29N7S/c1-16-6-7-20-18(14-26-21(20)13-16)8-10-24-23(25-11-9-19-5-4-12-31-19)27-15-22-29-28-17(2)30(22)3/h4-7,12-14,26H,8-11,15H2,1-3H3,(H2,24,25,27). The molecule has 0 aliphatic heterocycles. The van der Waals surface area contributed by atoms with E-state index < -0.39 is 0 Å². The first-order chi connectivity index (χ1) is 15.1. The number of fused-ring (bicyclic) bond motifs is 1. The number of aromatic amines is 1. The van der Waals surface area contributed by atoms with Gasteiger partial charge >= 0.3 is 0 Å². The van der Waals surface area contributed by atoms with Crippen molar-refractivity contribution in [2.45, 2.75) is 33.2 Å². The Kier molecular flexibility index (Phi) is 6.66. The molecule has 0 atom stereocenters. The van der Waals surface area contributed by atoms with Gasteiger partial charge in [-0.1, -0.05) is 18.2 Å². The summed E-state index contributed by atoms with van der Waals surface area (Å²) in [7, 11) is 1.97. The van der Waals surface area contributed by atoms with E-state index in [9.17, 15) is 0 Å². The molecule has 0 unspecified atom stereocenters. The van der Waals surface area contributed by atoms with Crippen LogP contribution in [0, 0.1) is 13.8 Å². The second-order valence-electron chi connectivity index (χ2n) is 7.68. The molecule has 0 radical (unpaired) electrons. The highest BCUT2D eigenvalue weighted by atomic mass is 32.1. The lowest BCUT2D eigenvalue weighted by Gasteiger charge is -2.12. The predicted molar refractivity (Wildman–Crippen MR) is 128 cm³/mol. The number of nitrogens with zero attached hydrogens (tertiary/aromatic N) is 4. The van der Waals surface area contributed by atoms with Gasteiger partial charge in [-0.3, -0.25) is 0 Å². The lowest BCUT2D eigenvalue weighted by Crippen LogP contribution is -2.39. The zero-order valence-corrected chi connectivity index (χ0v) is 19.1. The molecule has 0 saturated carbocycles. The highest BCUT2D eigenvalue weighted by Crippen LogP contribution is 2.19. The predicted octanol–water partition coefficient (Wildman–Crippen LogP) is 3.50. The minimum absolute atomic E-state index is 0.484. The van der Waals surface area contributed by atoms with Crippen molar-refractivity contribution >= 4 is 28.2 Å². The van der Waals surface area contributed by atoms with Gasteiger partial charge in [-0.15, -0.1) is 21.5 Å². The van der Waals surface area contributed by atoms with E-state index in [-0.39, 0.29) is 0 Å². The minimum atomic E-state index is 0.484. The summed E-state index contributed by atoms with van der Waals surface area (Å²) in [6, 6.07) is 10.8. The van der Waals surface area contributed by atoms with Crippen LogP contribution in [0.5, 0.6) is 0 Å². The maximum Gasteiger partial charge on any atom is 0.191 e. The molecule has 0 aliphatic carbocycles. The van der Waals surface area contributed by atoms with Crippen molar-refractivity contribution in [3.63, 3.8) is 0 Å². The zero-order chi connectivity index (χ0) is 21.6. The van der Waals surface area contributed by atoms with Crippen LogP contribution in [0.15, 0.2) is 46.9 Å². The molecule has 1 aromatic carbocycles. The molecule has 0 aliphatic rings. The van der Waals surface area contributed by atoms with Gasteiger partial charge in [-0.2, -0.15) is 0 Å². The summed E-state index contributed by atoms with van der Waals surface area (Å²) in [6.07, 6.45) is 4.00. The average molecular weight is 436 g/mol. The van der Waals surface area contributed by atoms with E-state index in [1.54, 1.807) is 11.3 Å². The van der Waals surface area contributed by atoms with Crippen molar-refractivity contribution in [1.82, 2.24) is 30.4 Å². The summed E-state index contributed by atoms with van der Waals surface area (Å²) in [5.41, 5.74) is 3.77. The number of aromatic nitrogens is 4. The molecule has 0 bridgehead atoms. The summed E-state index contributed by atoms with van der Waals surface area (Å²) in [6.45, 7) is 6.17. The molecule has 3 heterocycles. The number of rotatable bonds is 8. The van der Waals surface area contributed by atoms with Gasteiger partial charge in [0.2, 0.25) is 0 Å². The monoisotopic (exact) mass is 435 g/mol. The second-order valence-corrected chi connectivity index (χ2v) is 8.72.